The Labute approximate surface area is 168 Å². The number of nitrogens with one attached hydrogen (secondary N) is 2. The fraction of sp³-hybridized carbons (Fsp3) is 0.190. The largest absolute Gasteiger partial charge is 0.497 e. The van der Waals surface area contributed by atoms with Gasteiger partial charge in [0.1, 0.15) is 23.1 Å². The number of hydrogen-bond acceptors (Lipinski definition) is 7. The first-order valence-electron chi connectivity index (χ1n) is 8.70. The van der Waals surface area contributed by atoms with Gasteiger partial charge in [0, 0.05) is 12.3 Å². The zero-order valence-electron chi connectivity index (χ0n) is 16.3. The molecular formula is C21H21N3O5. The molecule has 29 heavy (non-hydrogen) atoms. The van der Waals surface area contributed by atoms with Crippen molar-refractivity contribution in [3.05, 3.63) is 59.8 Å². The summed E-state index contributed by atoms with van der Waals surface area (Å²) in [7, 11) is 3.03. The highest BCUT2D eigenvalue weighted by atomic mass is 16.5. The number of methoxy groups -OCH3 is 2. The van der Waals surface area contributed by atoms with Crippen LogP contribution in [-0.2, 0) is 9.53 Å². The third-order valence-corrected chi connectivity index (χ3v) is 3.82. The van der Waals surface area contributed by atoms with Crippen LogP contribution in [0.1, 0.15) is 17.3 Å². The molecule has 2 N–H and O–H groups in total. The molecule has 0 unspecified atom stereocenters. The average molecular weight is 395 g/mol. The summed E-state index contributed by atoms with van der Waals surface area (Å²) in [6, 6.07) is 13.3. The number of esters is 1. The Kier molecular flexibility index (Phi) is 7.62. The summed E-state index contributed by atoms with van der Waals surface area (Å²) in [5.74, 6) is -0.160. The molecular weight excluding hydrogens is 374 g/mol. The zero-order valence-corrected chi connectivity index (χ0v) is 16.3. The number of carbonyl (C=O) groups excluding carboxylic acids is 2. The monoisotopic (exact) mass is 395 g/mol. The van der Waals surface area contributed by atoms with Gasteiger partial charge in [0.25, 0.3) is 5.91 Å². The smallest absolute Gasteiger partial charge is 0.340 e. The first-order chi connectivity index (χ1) is 14.0. The predicted octanol–water partition coefficient (Wildman–Crippen LogP) is 3.34. The molecule has 150 valence electrons. The highest BCUT2D eigenvalue weighted by Crippen LogP contribution is 2.29. The summed E-state index contributed by atoms with van der Waals surface area (Å²) in [6.07, 6.45) is 1.26. The molecule has 8 heteroatoms. The molecule has 0 saturated carbocycles. The standard InChI is InChI=1S/C21H21N3O5/c1-4-29-21(26)16-7-5-6-8-17(16)24-20(25)14(12-22)13-23-18-10-9-15(27-2)11-19(18)28-3/h5-11,13,23H,4H2,1-3H3,(H,24,25)/b14-13-. The van der Waals surface area contributed by atoms with Crippen LogP contribution in [0, 0.1) is 11.3 Å². The number of anilines is 2. The van der Waals surface area contributed by atoms with Gasteiger partial charge in [-0.05, 0) is 31.2 Å². The quantitative estimate of drug-likeness (QED) is 0.401. The maximum absolute atomic E-state index is 12.5. The molecule has 0 atom stereocenters. The summed E-state index contributed by atoms with van der Waals surface area (Å²) < 4.78 is 15.4. The second-order valence-electron chi connectivity index (χ2n) is 5.60. The summed E-state index contributed by atoms with van der Waals surface area (Å²) in [4.78, 5) is 24.5. The van der Waals surface area contributed by atoms with Crippen LogP contribution in [0.4, 0.5) is 11.4 Å². The van der Waals surface area contributed by atoms with Crippen molar-refractivity contribution >= 4 is 23.3 Å². The molecule has 8 nitrogen and oxygen atoms in total. The Bertz CT molecular complexity index is 963. The minimum Gasteiger partial charge on any atom is -0.497 e. The van der Waals surface area contributed by atoms with E-state index >= 15 is 0 Å². The number of para-hydroxylation sites is 1. The lowest BCUT2D eigenvalue weighted by molar-refractivity contribution is -0.112. The molecule has 2 aromatic carbocycles. The molecule has 0 spiro atoms. The van der Waals surface area contributed by atoms with Crippen LogP contribution in [0.25, 0.3) is 0 Å². The van der Waals surface area contributed by atoms with Gasteiger partial charge in [-0.15, -0.1) is 0 Å². The first-order valence-corrected chi connectivity index (χ1v) is 8.70. The topological polar surface area (TPSA) is 110 Å². The Morgan fingerprint density at radius 3 is 2.52 bits per heavy atom. The molecule has 0 bridgehead atoms. The molecule has 2 aromatic rings. The second kappa shape index (κ2) is 10.4. The predicted molar refractivity (Wildman–Crippen MR) is 108 cm³/mol. The molecule has 0 saturated heterocycles. The van der Waals surface area contributed by atoms with Crippen LogP contribution in [0.15, 0.2) is 54.2 Å². The lowest BCUT2D eigenvalue weighted by Crippen LogP contribution is -2.17. The van der Waals surface area contributed by atoms with Crippen molar-refractivity contribution in [1.82, 2.24) is 0 Å². The first kappa shape index (κ1) is 21.3. The number of nitriles is 1. The van der Waals surface area contributed by atoms with E-state index in [1.165, 1.54) is 26.5 Å². The van der Waals surface area contributed by atoms with Crippen molar-refractivity contribution in [2.45, 2.75) is 6.92 Å². The minimum atomic E-state index is -0.677. The number of benzene rings is 2. The lowest BCUT2D eigenvalue weighted by Gasteiger charge is -2.11. The molecule has 0 heterocycles. The maximum atomic E-state index is 12.5. The van der Waals surface area contributed by atoms with E-state index in [1.807, 2.05) is 6.07 Å². The summed E-state index contributed by atoms with van der Waals surface area (Å²) >= 11 is 0. The van der Waals surface area contributed by atoms with Crippen molar-refractivity contribution in [2.75, 3.05) is 31.5 Å². The second-order valence-corrected chi connectivity index (χ2v) is 5.60. The van der Waals surface area contributed by atoms with E-state index in [-0.39, 0.29) is 23.4 Å². The Hall–Kier alpha value is -3.99. The molecule has 1 amide bonds. The van der Waals surface area contributed by atoms with Gasteiger partial charge in [-0.2, -0.15) is 5.26 Å². The number of ether oxygens (including phenoxy) is 3. The fourth-order valence-electron chi connectivity index (χ4n) is 2.38. The molecule has 0 fully saturated rings. The van der Waals surface area contributed by atoms with Gasteiger partial charge in [-0.1, -0.05) is 12.1 Å². The average Bonchev–Trinajstić information content (AvgIpc) is 2.74. The highest BCUT2D eigenvalue weighted by molar-refractivity contribution is 6.09. The van der Waals surface area contributed by atoms with Gasteiger partial charge in [-0.3, -0.25) is 4.79 Å². The van der Waals surface area contributed by atoms with Crippen LogP contribution in [0.3, 0.4) is 0 Å². The van der Waals surface area contributed by atoms with Crippen LogP contribution in [-0.4, -0.2) is 32.7 Å². The van der Waals surface area contributed by atoms with Crippen LogP contribution in [0.5, 0.6) is 11.5 Å². The van der Waals surface area contributed by atoms with E-state index < -0.39 is 11.9 Å². The van der Waals surface area contributed by atoms with E-state index in [2.05, 4.69) is 10.6 Å². The fourth-order valence-corrected chi connectivity index (χ4v) is 2.38. The Balaban J connectivity index is 2.20. The number of nitrogens with zero attached hydrogens (tertiary/aromatic N) is 1. The van der Waals surface area contributed by atoms with E-state index in [9.17, 15) is 14.9 Å². The van der Waals surface area contributed by atoms with E-state index in [0.29, 0.717) is 17.2 Å². The maximum Gasteiger partial charge on any atom is 0.340 e. The molecule has 0 radical (unpaired) electrons. The summed E-state index contributed by atoms with van der Waals surface area (Å²) in [5, 5.41) is 14.8. The third-order valence-electron chi connectivity index (χ3n) is 3.82. The van der Waals surface area contributed by atoms with Crippen LogP contribution < -0.4 is 20.1 Å². The van der Waals surface area contributed by atoms with Crippen LogP contribution in [0.2, 0.25) is 0 Å². The van der Waals surface area contributed by atoms with E-state index in [4.69, 9.17) is 14.2 Å². The molecule has 0 aliphatic carbocycles. The molecule has 0 aliphatic rings. The third kappa shape index (κ3) is 5.49. The molecule has 0 aromatic heterocycles. The minimum absolute atomic E-state index is 0.193. The number of amides is 1. The van der Waals surface area contributed by atoms with Crippen molar-refractivity contribution < 1.29 is 23.8 Å². The Morgan fingerprint density at radius 2 is 1.86 bits per heavy atom. The van der Waals surface area contributed by atoms with Crippen molar-refractivity contribution in [3.8, 4) is 17.6 Å². The number of carbonyl (C=O) groups is 2. The van der Waals surface area contributed by atoms with Gasteiger partial charge in [0.15, 0.2) is 0 Å². The SMILES string of the molecule is CCOC(=O)c1ccccc1NC(=O)/C(C#N)=C\Nc1ccc(OC)cc1OC. The van der Waals surface area contributed by atoms with E-state index in [1.54, 1.807) is 43.3 Å². The van der Waals surface area contributed by atoms with Crippen molar-refractivity contribution in [2.24, 2.45) is 0 Å². The van der Waals surface area contributed by atoms with E-state index in [0.717, 1.165) is 0 Å². The normalized spacial score (nSPS) is 10.5. The van der Waals surface area contributed by atoms with Crippen molar-refractivity contribution in [1.29, 1.82) is 5.26 Å². The molecule has 2 rings (SSSR count). The molecule has 0 aliphatic heterocycles. The lowest BCUT2D eigenvalue weighted by atomic mass is 10.1. The summed E-state index contributed by atoms with van der Waals surface area (Å²) in [6.45, 7) is 1.90. The Morgan fingerprint density at radius 1 is 1.10 bits per heavy atom. The van der Waals surface area contributed by atoms with Gasteiger partial charge < -0.3 is 24.8 Å². The number of hydrogen-bond donors (Lipinski definition) is 2. The highest BCUT2D eigenvalue weighted by Gasteiger charge is 2.16. The van der Waals surface area contributed by atoms with Crippen molar-refractivity contribution in [3.63, 3.8) is 0 Å². The van der Waals surface area contributed by atoms with Gasteiger partial charge in [-0.25, -0.2) is 4.79 Å². The van der Waals surface area contributed by atoms with Gasteiger partial charge in [0.2, 0.25) is 0 Å². The van der Waals surface area contributed by atoms with Gasteiger partial charge >= 0.3 is 5.97 Å². The zero-order chi connectivity index (χ0) is 21.2. The number of rotatable bonds is 8. The van der Waals surface area contributed by atoms with Gasteiger partial charge in [0.05, 0.1) is 37.8 Å². The van der Waals surface area contributed by atoms with Crippen LogP contribution >= 0.6 is 0 Å². The summed E-state index contributed by atoms with van der Waals surface area (Å²) in [5.41, 5.74) is 0.797.